The summed E-state index contributed by atoms with van der Waals surface area (Å²) >= 11 is 7.01. The highest BCUT2D eigenvalue weighted by Crippen LogP contribution is 2.33. The highest BCUT2D eigenvalue weighted by molar-refractivity contribution is 8.26. The Balaban J connectivity index is 1.79. The number of hydrogen-bond donors (Lipinski definition) is 0. The Labute approximate surface area is 168 Å². The fraction of sp³-hybridized carbons (Fsp3) is 0.278. The van der Waals surface area contributed by atoms with Gasteiger partial charge in [-0.05, 0) is 37.1 Å². The van der Waals surface area contributed by atoms with Gasteiger partial charge in [-0.1, -0.05) is 59.3 Å². The van der Waals surface area contributed by atoms with E-state index in [1.165, 1.54) is 12.1 Å². The zero-order valence-corrected chi connectivity index (χ0v) is 17.9. The van der Waals surface area contributed by atoms with E-state index in [9.17, 15) is 16.8 Å². The molecule has 1 heterocycles. The van der Waals surface area contributed by atoms with E-state index in [4.69, 9.17) is 11.6 Å². The second kappa shape index (κ2) is 7.58. The molecule has 1 atom stereocenters. The van der Waals surface area contributed by atoms with Crippen molar-refractivity contribution in [2.45, 2.75) is 29.7 Å². The average molecular weight is 444 g/mol. The minimum atomic E-state index is -3.76. The van der Waals surface area contributed by atoms with E-state index in [1.54, 1.807) is 13.0 Å². The van der Waals surface area contributed by atoms with Crippen molar-refractivity contribution in [1.29, 1.82) is 0 Å². The zero-order valence-electron chi connectivity index (χ0n) is 14.7. The van der Waals surface area contributed by atoms with Crippen LogP contribution >= 0.6 is 23.4 Å². The van der Waals surface area contributed by atoms with Crippen molar-refractivity contribution in [3.05, 3.63) is 64.2 Å². The smallest absolute Gasteiger partial charge is 0.223 e. The summed E-state index contributed by atoms with van der Waals surface area (Å²) in [5.74, 6) is -0.458. The minimum absolute atomic E-state index is 0.0564. The van der Waals surface area contributed by atoms with E-state index in [0.717, 1.165) is 28.5 Å². The molecular formula is C18H18ClNO4S3. The summed E-state index contributed by atoms with van der Waals surface area (Å²) < 4.78 is 52.9. The molecule has 0 saturated carbocycles. The van der Waals surface area contributed by atoms with Crippen LogP contribution in [0.5, 0.6) is 0 Å². The molecule has 0 bridgehead atoms. The number of rotatable bonds is 5. The summed E-state index contributed by atoms with van der Waals surface area (Å²) in [5, 5.41) is 0.436. The first kappa shape index (κ1) is 20.4. The third-order valence-corrected chi connectivity index (χ3v) is 9.72. The Morgan fingerprint density at radius 2 is 1.89 bits per heavy atom. The van der Waals surface area contributed by atoms with Gasteiger partial charge in [-0.15, -0.1) is 0 Å². The van der Waals surface area contributed by atoms with Gasteiger partial charge in [-0.3, -0.25) is 0 Å². The summed E-state index contributed by atoms with van der Waals surface area (Å²) in [6.07, 6.45) is 0.276. The highest BCUT2D eigenvalue weighted by atomic mass is 35.5. The predicted octanol–water partition coefficient (Wildman–Crippen LogP) is 3.77. The minimum Gasteiger partial charge on any atom is -0.223 e. The summed E-state index contributed by atoms with van der Waals surface area (Å²) in [5.41, 5.74) is 2.68. The molecule has 0 N–H and O–H groups in total. The molecule has 1 aliphatic heterocycles. The molecule has 0 radical (unpaired) electrons. The maximum absolute atomic E-state index is 12.6. The Morgan fingerprint density at radius 3 is 2.56 bits per heavy atom. The van der Waals surface area contributed by atoms with Crippen LogP contribution in [0.2, 0.25) is 5.02 Å². The maximum Gasteiger partial charge on any atom is 0.266 e. The molecule has 5 nitrogen and oxygen atoms in total. The molecule has 0 spiro atoms. The van der Waals surface area contributed by atoms with Crippen molar-refractivity contribution in [3.8, 4) is 0 Å². The van der Waals surface area contributed by atoms with Crippen LogP contribution in [0.1, 0.15) is 16.7 Å². The van der Waals surface area contributed by atoms with Crippen LogP contribution in [-0.2, 0) is 26.3 Å². The molecule has 2 aromatic carbocycles. The van der Waals surface area contributed by atoms with E-state index in [1.807, 2.05) is 31.2 Å². The number of sulfonamides is 1. The Bertz CT molecular complexity index is 1130. The largest absolute Gasteiger partial charge is 0.266 e. The van der Waals surface area contributed by atoms with Gasteiger partial charge < -0.3 is 0 Å². The number of benzene rings is 2. The van der Waals surface area contributed by atoms with Crippen molar-refractivity contribution >= 4 is 48.3 Å². The van der Waals surface area contributed by atoms with Gasteiger partial charge in [0.05, 0.1) is 4.90 Å². The highest BCUT2D eigenvalue weighted by Gasteiger charge is 2.36. The lowest BCUT2D eigenvalue weighted by atomic mass is 10.1. The molecule has 0 aliphatic carbocycles. The molecule has 0 fully saturated rings. The van der Waals surface area contributed by atoms with Gasteiger partial charge in [0.25, 0.3) is 10.0 Å². The second-order valence-corrected chi connectivity index (χ2v) is 12.2. The van der Waals surface area contributed by atoms with Gasteiger partial charge >= 0.3 is 0 Å². The first-order chi connectivity index (χ1) is 12.6. The third kappa shape index (κ3) is 4.74. The molecule has 0 aromatic heterocycles. The Kier molecular flexibility index (Phi) is 5.72. The van der Waals surface area contributed by atoms with Gasteiger partial charge in [0.15, 0.2) is 9.84 Å². The van der Waals surface area contributed by atoms with Gasteiger partial charge in [0, 0.05) is 11.4 Å². The topological polar surface area (TPSA) is 80.6 Å². The number of hydrogen-bond acceptors (Lipinski definition) is 5. The first-order valence-corrected chi connectivity index (χ1v) is 12.5. The van der Waals surface area contributed by atoms with Crippen LogP contribution in [0.4, 0.5) is 0 Å². The van der Waals surface area contributed by atoms with Gasteiger partial charge in [-0.2, -0.15) is 4.40 Å². The normalized spacial score (nSPS) is 19.1. The molecule has 2 aromatic rings. The second-order valence-electron chi connectivity index (χ2n) is 6.41. The van der Waals surface area contributed by atoms with Gasteiger partial charge in [0.1, 0.15) is 15.4 Å². The summed E-state index contributed by atoms with van der Waals surface area (Å²) in [6.45, 7) is 3.71. The molecule has 27 heavy (non-hydrogen) atoms. The molecule has 0 saturated heterocycles. The first-order valence-electron chi connectivity index (χ1n) is 8.10. The van der Waals surface area contributed by atoms with Crippen molar-refractivity contribution in [3.63, 3.8) is 0 Å². The molecule has 9 heteroatoms. The fourth-order valence-corrected chi connectivity index (χ4v) is 7.76. The summed E-state index contributed by atoms with van der Waals surface area (Å²) in [7, 11) is -7.49. The van der Waals surface area contributed by atoms with Crippen molar-refractivity contribution in [2.75, 3.05) is 5.75 Å². The summed E-state index contributed by atoms with van der Waals surface area (Å²) in [4.78, 5) is 0.0564. The van der Waals surface area contributed by atoms with E-state index >= 15 is 0 Å². The molecule has 3 rings (SSSR count). The van der Waals surface area contributed by atoms with Crippen molar-refractivity contribution in [2.24, 2.45) is 4.40 Å². The van der Waals surface area contributed by atoms with Crippen LogP contribution < -0.4 is 0 Å². The van der Waals surface area contributed by atoms with Crippen LogP contribution in [0.15, 0.2) is 51.8 Å². The van der Waals surface area contributed by atoms with Crippen LogP contribution in [0.3, 0.4) is 0 Å². The molecule has 1 aliphatic rings. The third-order valence-electron chi connectivity index (χ3n) is 4.13. The van der Waals surface area contributed by atoms with Gasteiger partial charge in [0.2, 0.25) is 0 Å². The lowest BCUT2D eigenvalue weighted by Gasteiger charge is -2.09. The van der Waals surface area contributed by atoms with Crippen molar-refractivity contribution in [1.82, 2.24) is 0 Å². The van der Waals surface area contributed by atoms with Crippen LogP contribution in [-0.4, -0.2) is 32.2 Å². The standard InChI is InChI=1S/C18H18ClNO4S3/c1-12-4-3-5-14(8-12)9-18-25-17(20-27(18,23)24)11-26(21,22)15-7-6-13(2)16(19)10-15/h3-8,10,18H,9,11H2,1-2H3. The number of halogens is 1. The number of thioether (sulfide) groups is 1. The fourth-order valence-electron chi connectivity index (χ4n) is 2.69. The molecule has 0 amide bonds. The quantitative estimate of drug-likeness (QED) is 0.702. The maximum atomic E-state index is 12.6. The van der Waals surface area contributed by atoms with Crippen molar-refractivity contribution < 1.29 is 16.8 Å². The Hall–Kier alpha value is -1.35. The Morgan fingerprint density at radius 1 is 1.15 bits per heavy atom. The van der Waals surface area contributed by atoms with Crippen LogP contribution in [0.25, 0.3) is 0 Å². The van der Waals surface area contributed by atoms with Gasteiger partial charge in [-0.25, -0.2) is 16.8 Å². The van der Waals surface area contributed by atoms with E-state index in [-0.39, 0.29) is 16.4 Å². The monoisotopic (exact) mass is 443 g/mol. The number of nitrogens with zero attached hydrogens (tertiary/aromatic N) is 1. The SMILES string of the molecule is Cc1cccc(CC2SC(CS(=O)(=O)c3ccc(C)c(Cl)c3)=NS2(=O)=O)c1. The van der Waals surface area contributed by atoms with Crippen LogP contribution in [0, 0.1) is 13.8 Å². The number of aryl methyl sites for hydroxylation is 2. The average Bonchev–Trinajstić information content (AvgIpc) is 2.82. The predicted molar refractivity (Wildman–Crippen MR) is 111 cm³/mol. The zero-order chi connectivity index (χ0) is 19.8. The molecule has 1 unspecified atom stereocenters. The van der Waals surface area contributed by atoms with E-state index in [0.29, 0.717) is 5.02 Å². The lowest BCUT2D eigenvalue weighted by Crippen LogP contribution is -2.15. The number of sulfone groups is 1. The molecular weight excluding hydrogens is 426 g/mol. The lowest BCUT2D eigenvalue weighted by molar-refractivity contribution is 0.595. The summed E-state index contributed by atoms with van der Waals surface area (Å²) in [6, 6.07) is 12.0. The van der Waals surface area contributed by atoms with E-state index in [2.05, 4.69) is 4.40 Å². The van der Waals surface area contributed by atoms with E-state index < -0.39 is 30.2 Å². The molecule has 144 valence electrons.